The van der Waals surface area contributed by atoms with Crippen molar-refractivity contribution in [2.75, 3.05) is 0 Å². The van der Waals surface area contributed by atoms with E-state index in [0.29, 0.717) is 6.61 Å². The lowest BCUT2D eigenvalue weighted by atomic mass is 9.95. The number of ether oxygens (including phenoxy) is 1. The Bertz CT molecular complexity index is 1330. The van der Waals surface area contributed by atoms with E-state index in [1.807, 2.05) is 66.7 Å². The molecule has 3 aromatic carbocycles. The molecule has 0 spiro atoms. The number of pyridine rings is 2. The van der Waals surface area contributed by atoms with Crippen LogP contribution >= 0.6 is 0 Å². The second-order valence-corrected chi connectivity index (χ2v) is 7.23. The molecule has 0 aliphatic heterocycles. The van der Waals surface area contributed by atoms with Crippen molar-refractivity contribution in [2.24, 2.45) is 0 Å². The SMILES string of the molecule is Fc1ccc(-c2ccncc2)c(-c2ccc(OCc3ccc4ccccc4n3)cc2)c1. The largest absolute Gasteiger partial charge is 0.487 e. The molecule has 0 bridgehead atoms. The van der Waals surface area contributed by atoms with E-state index in [1.165, 1.54) is 6.07 Å². The van der Waals surface area contributed by atoms with Gasteiger partial charge in [-0.05, 0) is 70.8 Å². The topological polar surface area (TPSA) is 35.0 Å². The fraction of sp³-hybridized carbons (Fsp3) is 0.0370. The molecule has 0 saturated heterocycles. The number of aromatic nitrogens is 2. The summed E-state index contributed by atoms with van der Waals surface area (Å²) in [7, 11) is 0. The maximum atomic E-state index is 14.0. The fourth-order valence-corrected chi connectivity index (χ4v) is 3.62. The zero-order valence-corrected chi connectivity index (χ0v) is 16.7. The first-order valence-corrected chi connectivity index (χ1v) is 10.0. The van der Waals surface area contributed by atoms with Gasteiger partial charge in [-0.25, -0.2) is 9.37 Å². The van der Waals surface area contributed by atoms with E-state index in [0.717, 1.165) is 44.6 Å². The first kappa shape index (κ1) is 18.9. The average Bonchev–Trinajstić information content (AvgIpc) is 2.83. The Kier molecular flexibility index (Phi) is 5.11. The molecule has 0 amide bonds. The number of halogens is 1. The van der Waals surface area contributed by atoms with Gasteiger partial charge in [-0.3, -0.25) is 4.98 Å². The van der Waals surface area contributed by atoms with Crippen molar-refractivity contribution >= 4 is 10.9 Å². The molecule has 4 heteroatoms. The normalized spacial score (nSPS) is 10.9. The second kappa shape index (κ2) is 8.36. The number of rotatable bonds is 5. The smallest absolute Gasteiger partial charge is 0.130 e. The molecule has 5 aromatic rings. The first-order chi connectivity index (χ1) is 15.3. The minimum atomic E-state index is -0.268. The predicted molar refractivity (Wildman–Crippen MR) is 121 cm³/mol. The highest BCUT2D eigenvalue weighted by molar-refractivity contribution is 5.83. The van der Waals surface area contributed by atoms with Crippen LogP contribution in [0.5, 0.6) is 5.75 Å². The van der Waals surface area contributed by atoms with Crippen molar-refractivity contribution in [3.63, 3.8) is 0 Å². The summed E-state index contributed by atoms with van der Waals surface area (Å²) in [5, 5.41) is 1.11. The molecule has 0 unspecified atom stereocenters. The van der Waals surface area contributed by atoms with Gasteiger partial charge in [0, 0.05) is 17.8 Å². The quantitative estimate of drug-likeness (QED) is 0.326. The molecule has 0 saturated carbocycles. The van der Waals surface area contributed by atoms with Crippen LogP contribution in [0.15, 0.2) is 103 Å². The van der Waals surface area contributed by atoms with Crippen LogP contribution in [-0.2, 0) is 6.61 Å². The Hall–Kier alpha value is -4.05. The molecule has 0 fully saturated rings. The van der Waals surface area contributed by atoms with E-state index in [-0.39, 0.29) is 5.82 Å². The van der Waals surface area contributed by atoms with Gasteiger partial charge in [-0.2, -0.15) is 0 Å². The molecule has 0 atom stereocenters. The van der Waals surface area contributed by atoms with E-state index in [4.69, 9.17) is 4.74 Å². The molecule has 3 nitrogen and oxygen atoms in total. The highest BCUT2D eigenvalue weighted by Gasteiger charge is 2.09. The highest BCUT2D eigenvalue weighted by Crippen LogP contribution is 2.33. The summed E-state index contributed by atoms with van der Waals surface area (Å²) >= 11 is 0. The summed E-state index contributed by atoms with van der Waals surface area (Å²) in [4.78, 5) is 8.71. The van der Waals surface area contributed by atoms with Gasteiger partial charge in [0.15, 0.2) is 0 Å². The summed E-state index contributed by atoms with van der Waals surface area (Å²) in [5.41, 5.74) is 5.52. The van der Waals surface area contributed by atoms with Gasteiger partial charge in [-0.1, -0.05) is 42.5 Å². The molecule has 0 N–H and O–H groups in total. The second-order valence-electron chi connectivity index (χ2n) is 7.23. The van der Waals surface area contributed by atoms with Gasteiger partial charge in [0.2, 0.25) is 0 Å². The summed E-state index contributed by atoms with van der Waals surface area (Å²) in [5.74, 6) is 0.469. The van der Waals surface area contributed by atoms with Crippen molar-refractivity contribution in [3.8, 4) is 28.0 Å². The van der Waals surface area contributed by atoms with Crippen LogP contribution in [0.25, 0.3) is 33.2 Å². The minimum absolute atomic E-state index is 0.268. The highest BCUT2D eigenvalue weighted by atomic mass is 19.1. The molecule has 2 aromatic heterocycles. The number of nitrogens with zero attached hydrogens (tertiary/aromatic N) is 2. The molecule has 0 aliphatic carbocycles. The number of benzene rings is 3. The zero-order valence-electron chi connectivity index (χ0n) is 16.7. The van der Waals surface area contributed by atoms with Crippen LogP contribution in [0.3, 0.4) is 0 Å². The standard InChI is InChI=1S/C27H19FN2O/c28-22-8-12-25(20-13-15-29-16-14-20)26(17-22)19-6-10-24(11-7-19)31-18-23-9-5-21-3-1-2-4-27(21)30-23/h1-17H,18H2. The third-order valence-electron chi connectivity index (χ3n) is 5.18. The van der Waals surface area contributed by atoms with E-state index in [1.54, 1.807) is 24.5 Å². The summed E-state index contributed by atoms with van der Waals surface area (Å²) in [6, 6.07) is 28.4. The van der Waals surface area contributed by atoms with E-state index >= 15 is 0 Å². The molecule has 31 heavy (non-hydrogen) atoms. The van der Waals surface area contributed by atoms with Crippen molar-refractivity contribution in [1.82, 2.24) is 9.97 Å². The molecule has 0 aliphatic rings. The predicted octanol–water partition coefficient (Wildman–Crippen LogP) is 6.68. The molecular weight excluding hydrogens is 387 g/mol. The van der Waals surface area contributed by atoms with Crippen LogP contribution in [0.2, 0.25) is 0 Å². The summed E-state index contributed by atoms with van der Waals surface area (Å²) < 4.78 is 19.9. The Balaban J connectivity index is 1.37. The molecular formula is C27H19FN2O. The van der Waals surface area contributed by atoms with Crippen LogP contribution in [0, 0.1) is 5.82 Å². The zero-order chi connectivity index (χ0) is 21.0. The van der Waals surface area contributed by atoms with Crippen LogP contribution < -0.4 is 4.74 Å². The van der Waals surface area contributed by atoms with E-state index in [2.05, 4.69) is 16.0 Å². The number of fused-ring (bicyclic) bond motifs is 1. The molecule has 0 radical (unpaired) electrons. The van der Waals surface area contributed by atoms with Crippen molar-refractivity contribution < 1.29 is 9.13 Å². The lowest BCUT2D eigenvalue weighted by molar-refractivity contribution is 0.302. The Morgan fingerprint density at radius 3 is 2.32 bits per heavy atom. The van der Waals surface area contributed by atoms with Crippen molar-refractivity contribution in [3.05, 3.63) is 115 Å². The third kappa shape index (κ3) is 4.14. The van der Waals surface area contributed by atoms with Crippen LogP contribution in [0.1, 0.15) is 5.69 Å². The maximum absolute atomic E-state index is 14.0. The summed E-state index contributed by atoms with van der Waals surface area (Å²) in [6.07, 6.45) is 3.47. The van der Waals surface area contributed by atoms with Crippen molar-refractivity contribution in [1.29, 1.82) is 0 Å². The third-order valence-corrected chi connectivity index (χ3v) is 5.18. The van der Waals surface area contributed by atoms with Gasteiger partial charge in [0.05, 0.1) is 11.2 Å². The first-order valence-electron chi connectivity index (χ1n) is 10.0. The fourth-order valence-electron chi connectivity index (χ4n) is 3.62. The minimum Gasteiger partial charge on any atom is -0.487 e. The van der Waals surface area contributed by atoms with E-state index in [9.17, 15) is 4.39 Å². The molecule has 2 heterocycles. The van der Waals surface area contributed by atoms with Gasteiger partial charge in [0.25, 0.3) is 0 Å². The van der Waals surface area contributed by atoms with Crippen molar-refractivity contribution in [2.45, 2.75) is 6.61 Å². The van der Waals surface area contributed by atoms with Gasteiger partial charge in [0.1, 0.15) is 18.2 Å². The molecule has 5 rings (SSSR count). The number of para-hydroxylation sites is 1. The Labute approximate surface area is 179 Å². The van der Waals surface area contributed by atoms with Crippen LogP contribution in [-0.4, -0.2) is 9.97 Å². The molecule has 150 valence electrons. The van der Waals surface area contributed by atoms with E-state index < -0.39 is 0 Å². The Morgan fingerprint density at radius 2 is 1.48 bits per heavy atom. The lowest BCUT2D eigenvalue weighted by Crippen LogP contribution is -1.98. The average molecular weight is 406 g/mol. The Morgan fingerprint density at radius 1 is 0.710 bits per heavy atom. The number of hydrogen-bond acceptors (Lipinski definition) is 3. The van der Waals surface area contributed by atoms with Gasteiger partial charge in [-0.15, -0.1) is 0 Å². The van der Waals surface area contributed by atoms with Crippen LogP contribution in [0.4, 0.5) is 4.39 Å². The number of hydrogen-bond donors (Lipinski definition) is 0. The van der Waals surface area contributed by atoms with Gasteiger partial charge < -0.3 is 4.74 Å². The monoisotopic (exact) mass is 406 g/mol. The van der Waals surface area contributed by atoms with Gasteiger partial charge >= 0.3 is 0 Å². The lowest BCUT2D eigenvalue weighted by Gasteiger charge is -2.12. The maximum Gasteiger partial charge on any atom is 0.130 e. The summed E-state index contributed by atoms with van der Waals surface area (Å²) in [6.45, 7) is 0.381.